The summed E-state index contributed by atoms with van der Waals surface area (Å²) in [5.41, 5.74) is 4.17. The Morgan fingerprint density at radius 2 is 2.14 bits per heavy atom. The fraction of sp³-hybridized carbons (Fsp3) is 0.0667. The molecule has 0 saturated carbocycles. The monoisotopic (exact) mass is 382 g/mol. The molecule has 0 fully saturated rings. The van der Waals surface area contributed by atoms with Crippen LogP contribution in [0.15, 0.2) is 46.0 Å². The third-order valence-electron chi connectivity index (χ3n) is 2.78. The minimum atomic E-state index is -1.09. The largest absolute Gasteiger partial charge is 0.496 e. The summed E-state index contributed by atoms with van der Waals surface area (Å²) in [5, 5.41) is 13.3. The summed E-state index contributed by atoms with van der Waals surface area (Å²) in [6, 6.07) is 10.1. The van der Waals surface area contributed by atoms with E-state index in [1.807, 2.05) is 18.2 Å². The number of ether oxygens (including phenoxy) is 1. The topological polar surface area (TPSA) is 70.9 Å². The van der Waals surface area contributed by atoms with Gasteiger partial charge >= 0.3 is 5.97 Å². The van der Waals surface area contributed by atoms with E-state index in [2.05, 4.69) is 26.5 Å². The van der Waals surface area contributed by atoms with Gasteiger partial charge in [0.05, 0.1) is 34.1 Å². The van der Waals surface area contributed by atoms with Crippen molar-refractivity contribution in [1.29, 1.82) is 0 Å². The van der Waals surface area contributed by atoms with Crippen LogP contribution in [0.3, 0.4) is 0 Å². The number of benzene rings is 2. The highest BCUT2D eigenvalue weighted by Crippen LogP contribution is 2.25. The molecule has 114 valence electrons. The fourth-order valence-corrected chi connectivity index (χ4v) is 2.46. The number of nitrogens with zero attached hydrogens (tertiary/aromatic N) is 1. The first kappa shape index (κ1) is 16.3. The van der Waals surface area contributed by atoms with Crippen molar-refractivity contribution in [2.45, 2.75) is 0 Å². The van der Waals surface area contributed by atoms with E-state index in [9.17, 15) is 4.79 Å². The van der Waals surface area contributed by atoms with Gasteiger partial charge in [-0.3, -0.25) is 5.43 Å². The number of anilines is 1. The second-order valence-electron chi connectivity index (χ2n) is 4.26. The average Bonchev–Trinajstić information content (AvgIpc) is 2.49. The average molecular weight is 384 g/mol. The van der Waals surface area contributed by atoms with Crippen molar-refractivity contribution < 1.29 is 14.6 Å². The van der Waals surface area contributed by atoms with Gasteiger partial charge in [-0.25, -0.2) is 4.79 Å². The van der Waals surface area contributed by atoms with Crippen LogP contribution < -0.4 is 10.2 Å². The summed E-state index contributed by atoms with van der Waals surface area (Å²) in [6.45, 7) is 0. The molecule has 2 rings (SSSR count). The van der Waals surface area contributed by atoms with Crippen molar-refractivity contribution in [1.82, 2.24) is 0 Å². The van der Waals surface area contributed by atoms with E-state index in [1.54, 1.807) is 19.4 Å². The molecule has 0 aromatic heterocycles. The van der Waals surface area contributed by atoms with Gasteiger partial charge in [0, 0.05) is 0 Å². The van der Waals surface area contributed by atoms with Crippen molar-refractivity contribution in [2.24, 2.45) is 5.10 Å². The van der Waals surface area contributed by atoms with Gasteiger partial charge in [0.15, 0.2) is 0 Å². The first-order valence-corrected chi connectivity index (χ1v) is 7.34. The number of aromatic carboxylic acids is 1. The standard InChI is InChI=1S/C15H12BrClN2O3/c1-22-14-5-2-9(6-12(14)16)8-18-19-10-3-4-13(17)11(7-10)15(20)21/h2-8,19H,1H3,(H,20,21)/b18-8+. The zero-order chi connectivity index (χ0) is 16.1. The van der Waals surface area contributed by atoms with E-state index >= 15 is 0 Å². The molecule has 2 aromatic rings. The number of carboxylic acids is 1. The van der Waals surface area contributed by atoms with Gasteiger partial charge in [-0.15, -0.1) is 0 Å². The molecule has 0 aliphatic rings. The van der Waals surface area contributed by atoms with E-state index in [0.717, 1.165) is 15.8 Å². The van der Waals surface area contributed by atoms with Gasteiger partial charge in [0.1, 0.15) is 5.75 Å². The summed E-state index contributed by atoms with van der Waals surface area (Å²) in [6.07, 6.45) is 1.61. The third kappa shape index (κ3) is 3.99. The first-order chi connectivity index (χ1) is 10.5. The highest BCUT2D eigenvalue weighted by Gasteiger charge is 2.08. The van der Waals surface area contributed by atoms with Crippen LogP contribution in [-0.4, -0.2) is 24.4 Å². The molecule has 0 heterocycles. The Bertz CT molecular complexity index is 735. The van der Waals surface area contributed by atoms with Crippen molar-refractivity contribution in [3.8, 4) is 5.75 Å². The lowest BCUT2D eigenvalue weighted by molar-refractivity contribution is 0.0697. The number of hydrazone groups is 1. The van der Waals surface area contributed by atoms with Crippen LogP contribution in [0.25, 0.3) is 0 Å². The number of hydrogen-bond donors (Lipinski definition) is 2. The second kappa shape index (κ2) is 7.29. The van der Waals surface area contributed by atoms with Gasteiger partial charge in [-0.2, -0.15) is 5.10 Å². The van der Waals surface area contributed by atoms with Crippen molar-refractivity contribution in [2.75, 3.05) is 12.5 Å². The molecule has 0 spiro atoms. The highest BCUT2D eigenvalue weighted by atomic mass is 79.9. The molecule has 0 amide bonds. The Morgan fingerprint density at radius 3 is 2.77 bits per heavy atom. The van der Waals surface area contributed by atoms with Crippen LogP contribution in [0, 0.1) is 0 Å². The molecule has 5 nitrogen and oxygen atoms in total. The quantitative estimate of drug-likeness (QED) is 0.598. The molecule has 0 bridgehead atoms. The number of carbonyl (C=O) groups is 1. The second-order valence-corrected chi connectivity index (χ2v) is 5.53. The predicted octanol–water partition coefficient (Wildman–Crippen LogP) is 4.26. The minimum Gasteiger partial charge on any atom is -0.496 e. The zero-order valence-electron chi connectivity index (χ0n) is 11.5. The molecule has 7 heteroatoms. The molecular formula is C15H12BrClN2O3. The Labute approximate surface area is 140 Å². The fourth-order valence-electron chi connectivity index (χ4n) is 1.70. The molecule has 0 saturated heterocycles. The van der Waals surface area contributed by atoms with E-state index in [-0.39, 0.29) is 10.6 Å². The highest BCUT2D eigenvalue weighted by molar-refractivity contribution is 9.10. The van der Waals surface area contributed by atoms with Crippen LogP contribution in [0.4, 0.5) is 5.69 Å². The van der Waals surface area contributed by atoms with Crippen LogP contribution in [0.1, 0.15) is 15.9 Å². The number of carboxylic acid groups (broad SMARTS) is 1. The normalized spacial score (nSPS) is 10.7. The SMILES string of the molecule is COc1ccc(/C=N/Nc2ccc(Cl)c(C(=O)O)c2)cc1Br. The molecule has 2 aromatic carbocycles. The summed E-state index contributed by atoms with van der Waals surface area (Å²) >= 11 is 9.19. The maximum atomic E-state index is 11.0. The summed E-state index contributed by atoms with van der Waals surface area (Å²) < 4.78 is 5.96. The van der Waals surface area contributed by atoms with E-state index in [4.69, 9.17) is 21.4 Å². The molecule has 22 heavy (non-hydrogen) atoms. The molecule has 0 unspecified atom stereocenters. The van der Waals surface area contributed by atoms with E-state index in [0.29, 0.717) is 5.69 Å². The Morgan fingerprint density at radius 1 is 1.36 bits per heavy atom. The van der Waals surface area contributed by atoms with Crippen molar-refractivity contribution in [3.05, 3.63) is 57.0 Å². The number of rotatable bonds is 5. The third-order valence-corrected chi connectivity index (χ3v) is 3.73. The molecule has 0 atom stereocenters. The van der Waals surface area contributed by atoms with Crippen LogP contribution in [0.5, 0.6) is 5.75 Å². The number of hydrogen-bond acceptors (Lipinski definition) is 4. The Hall–Kier alpha value is -2.05. The summed E-state index contributed by atoms with van der Waals surface area (Å²) in [4.78, 5) is 11.0. The zero-order valence-corrected chi connectivity index (χ0v) is 13.9. The summed E-state index contributed by atoms with van der Waals surface area (Å²) in [5.74, 6) is -0.356. The molecule has 0 radical (unpaired) electrons. The van der Waals surface area contributed by atoms with Gasteiger partial charge in [-0.1, -0.05) is 11.6 Å². The van der Waals surface area contributed by atoms with Gasteiger partial charge < -0.3 is 9.84 Å². The smallest absolute Gasteiger partial charge is 0.337 e. The lowest BCUT2D eigenvalue weighted by Crippen LogP contribution is -1.99. The van der Waals surface area contributed by atoms with Crippen LogP contribution in [-0.2, 0) is 0 Å². The van der Waals surface area contributed by atoms with Crippen molar-refractivity contribution in [3.63, 3.8) is 0 Å². The Kier molecular flexibility index (Phi) is 5.41. The number of methoxy groups -OCH3 is 1. The Balaban J connectivity index is 2.11. The maximum Gasteiger partial charge on any atom is 0.337 e. The van der Waals surface area contributed by atoms with E-state index in [1.165, 1.54) is 12.1 Å². The molecule has 0 aliphatic carbocycles. The van der Waals surface area contributed by atoms with Gasteiger partial charge in [-0.05, 0) is 57.9 Å². The first-order valence-electron chi connectivity index (χ1n) is 6.16. The van der Waals surface area contributed by atoms with Gasteiger partial charge in [0.25, 0.3) is 0 Å². The van der Waals surface area contributed by atoms with E-state index < -0.39 is 5.97 Å². The maximum absolute atomic E-state index is 11.0. The predicted molar refractivity (Wildman–Crippen MR) is 90.3 cm³/mol. The summed E-state index contributed by atoms with van der Waals surface area (Å²) in [7, 11) is 1.59. The minimum absolute atomic E-state index is 0.0223. The van der Waals surface area contributed by atoms with Crippen LogP contribution >= 0.6 is 27.5 Å². The van der Waals surface area contributed by atoms with Crippen LogP contribution in [0.2, 0.25) is 5.02 Å². The lowest BCUT2D eigenvalue weighted by atomic mass is 10.2. The lowest BCUT2D eigenvalue weighted by Gasteiger charge is -2.05. The molecule has 2 N–H and O–H groups in total. The number of nitrogens with one attached hydrogen (secondary N) is 1. The van der Waals surface area contributed by atoms with Gasteiger partial charge in [0.2, 0.25) is 0 Å². The number of halogens is 2. The van der Waals surface area contributed by atoms with Crippen molar-refractivity contribution >= 4 is 45.4 Å². The molecular weight excluding hydrogens is 372 g/mol. The molecule has 0 aliphatic heterocycles.